The van der Waals surface area contributed by atoms with Crippen LogP contribution in [0.25, 0.3) is 0 Å². The Kier molecular flexibility index (Phi) is 7.61. The SMILES string of the molecule is CC(=O)OC(=O)C(Oc1ccccc1)C1CCN(c2ccncc2)CC1.Cl. The van der Waals surface area contributed by atoms with E-state index in [1.54, 1.807) is 24.5 Å². The quantitative estimate of drug-likeness (QED) is 0.576. The number of halogens is 1. The number of hydrogen-bond acceptors (Lipinski definition) is 6. The van der Waals surface area contributed by atoms with Gasteiger partial charge in [0.15, 0.2) is 6.10 Å². The summed E-state index contributed by atoms with van der Waals surface area (Å²) in [6.07, 6.45) is 4.29. The maximum Gasteiger partial charge on any atom is 0.355 e. The topological polar surface area (TPSA) is 68.7 Å². The van der Waals surface area contributed by atoms with Gasteiger partial charge in [0.25, 0.3) is 0 Å². The molecule has 7 heteroatoms. The molecule has 0 spiro atoms. The molecule has 1 atom stereocenters. The Morgan fingerprint density at radius 2 is 1.70 bits per heavy atom. The number of esters is 2. The molecule has 1 fully saturated rings. The van der Waals surface area contributed by atoms with Crippen molar-refractivity contribution in [1.82, 2.24) is 4.98 Å². The minimum Gasteiger partial charge on any atom is -0.478 e. The van der Waals surface area contributed by atoms with Crippen LogP contribution in [-0.2, 0) is 14.3 Å². The molecule has 1 unspecified atom stereocenters. The normalized spacial score (nSPS) is 15.4. The second-order valence-electron chi connectivity index (χ2n) is 6.29. The molecule has 1 aromatic heterocycles. The standard InChI is InChI=1S/C20H22N2O4.ClH/c1-15(23)25-20(24)19(26-18-5-3-2-4-6-18)16-9-13-22(14-10-16)17-7-11-21-12-8-17;/h2-8,11-12,16,19H,9-10,13-14H2,1H3;1H. The minimum absolute atomic E-state index is 0. The first-order valence-corrected chi connectivity index (χ1v) is 8.72. The summed E-state index contributed by atoms with van der Waals surface area (Å²) in [5.74, 6) is -0.663. The van der Waals surface area contributed by atoms with Gasteiger partial charge in [0.1, 0.15) is 5.75 Å². The van der Waals surface area contributed by atoms with E-state index in [0.29, 0.717) is 5.75 Å². The lowest BCUT2D eigenvalue weighted by molar-refractivity contribution is -0.165. The van der Waals surface area contributed by atoms with Crippen molar-refractivity contribution in [2.45, 2.75) is 25.9 Å². The Hall–Kier alpha value is -2.60. The molecule has 1 saturated heterocycles. The molecular formula is C20H23ClN2O4. The smallest absolute Gasteiger partial charge is 0.355 e. The van der Waals surface area contributed by atoms with Crippen molar-refractivity contribution in [3.05, 3.63) is 54.9 Å². The van der Waals surface area contributed by atoms with E-state index in [2.05, 4.69) is 9.88 Å². The van der Waals surface area contributed by atoms with E-state index in [-0.39, 0.29) is 18.3 Å². The zero-order chi connectivity index (χ0) is 18.4. The Labute approximate surface area is 164 Å². The average Bonchev–Trinajstić information content (AvgIpc) is 2.67. The van der Waals surface area contributed by atoms with Gasteiger partial charge in [-0.25, -0.2) is 4.79 Å². The number of nitrogens with zero attached hydrogens (tertiary/aromatic N) is 2. The van der Waals surface area contributed by atoms with Crippen LogP contribution in [0.15, 0.2) is 54.9 Å². The van der Waals surface area contributed by atoms with Crippen LogP contribution in [0, 0.1) is 5.92 Å². The van der Waals surface area contributed by atoms with Gasteiger partial charge in [-0.2, -0.15) is 0 Å². The first kappa shape index (κ1) is 20.7. The fourth-order valence-corrected chi connectivity index (χ4v) is 3.20. The molecular weight excluding hydrogens is 368 g/mol. The number of benzene rings is 1. The van der Waals surface area contributed by atoms with Gasteiger partial charge in [-0.1, -0.05) is 18.2 Å². The van der Waals surface area contributed by atoms with Crippen molar-refractivity contribution in [3.8, 4) is 5.75 Å². The van der Waals surface area contributed by atoms with Crippen LogP contribution in [0.3, 0.4) is 0 Å². The van der Waals surface area contributed by atoms with Crippen molar-refractivity contribution in [1.29, 1.82) is 0 Å². The van der Waals surface area contributed by atoms with Gasteiger partial charge in [-0.05, 0) is 37.1 Å². The number of ether oxygens (including phenoxy) is 2. The predicted molar refractivity (Wildman–Crippen MR) is 104 cm³/mol. The van der Waals surface area contributed by atoms with Crippen LogP contribution in [0.5, 0.6) is 5.75 Å². The molecule has 3 rings (SSSR count). The maximum absolute atomic E-state index is 12.4. The highest BCUT2D eigenvalue weighted by atomic mass is 35.5. The molecule has 0 bridgehead atoms. The molecule has 0 amide bonds. The van der Waals surface area contributed by atoms with Crippen LogP contribution in [0.1, 0.15) is 19.8 Å². The van der Waals surface area contributed by atoms with Crippen molar-refractivity contribution in [2.75, 3.05) is 18.0 Å². The highest BCUT2D eigenvalue weighted by Gasteiger charge is 2.35. The minimum atomic E-state index is -0.791. The van der Waals surface area contributed by atoms with E-state index in [9.17, 15) is 9.59 Å². The van der Waals surface area contributed by atoms with Gasteiger partial charge < -0.3 is 14.4 Å². The van der Waals surface area contributed by atoms with E-state index in [0.717, 1.165) is 31.6 Å². The number of pyridine rings is 1. The maximum atomic E-state index is 12.4. The number of hydrogen-bond donors (Lipinski definition) is 0. The molecule has 144 valence electrons. The lowest BCUT2D eigenvalue weighted by Gasteiger charge is -2.36. The summed E-state index contributed by atoms with van der Waals surface area (Å²) in [5.41, 5.74) is 1.12. The average molecular weight is 391 g/mol. The second-order valence-corrected chi connectivity index (χ2v) is 6.29. The van der Waals surface area contributed by atoms with Crippen molar-refractivity contribution >= 4 is 30.0 Å². The summed E-state index contributed by atoms with van der Waals surface area (Å²) in [6, 6.07) is 13.1. The van der Waals surface area contributed by atoms with Gasteiger partial charge in [0.05, 0.1) is 0 Å². The van der Waals surface area contributed by atoms with Crippen LogP contribution in [0.4, 0.5) is 5.69 Å². The number of piperidine rings is 1. The molecule has 6 nitrogen and oxygen atoms in total. The second kappa shape index (κ2) is 9.92. The van der Waals surface area contributed by atoms with Crippen LogP contribution in [0.2, 0.25) is 0 Å². The molecule has 0 aliphatic carbocycles. The first-order chi connectivity index (χ1) is 12.6. The van der Waals surface area contributed by atoms with E-state index in [1.165, 1.54) is 6.92 Å². The van der Waals surface area contributed by atoms with Crippen molar-refractivity contribution in [3.63, 3.8) is 0 Å². The number of rotatable bonds is 5. The van der Waals surface area contributed by atoms with Crippen LogP contribution < -0.4 is 9.64 Å². The lowest BCUT2D eigenvalue weighted by atomic mass is 9.90. The monoisotopic (exact) mass is 390 g/mol. The van der Waals surface area contributed by atoms with Gasteiger partial charge in [0, 0.05) is 44.0 Å². The van der Waals surface area contributed by atoms with Crippen molar-refractivity contribution in [2.24, 2.45) is 5.92 Å². The number of carbonyl (C=O) groups excluding carboxylic acids is 2. The molecule has 1 aromatic carbocycles. The zero-order valence-electron chi connectivity index (χ0n) is 15.1. The molecule has 2 heterocycles. The van der Waals surface area contributed by atoms with E-state index in [4.69, 9.17) is 9.47 Å². The molecule has 1 aliphatic rings. The zero-order valence-corrected chi connectivity index (χ0v) is 15.9. The number of anilines is 1. The summed E-state index contributed by atoms with van der Waals surface area (Å²) in [6.45, 7) is 2.83. The Morgan fingerprint density at radius 3 is 2.30 bits per heavy atom. The lowest BCUT2D eigenvalue weighted by Crippen LogP contribution is -2.44. The largest absolute Gasteiger partial charge is 0.478 e. The van der Waals surface area contributed by atoms with Gasteiger partial charge in [-0.3, -0.25) is 9.78 Å². The molecule has 2 aromatic rings. The number of carbonyl (C=O) groups is 2. The number of aromatic nitrogens is 1. The fraction of sp³-hybridized carbons (Fsp3) is 0.350. The highest BCUT2D eigenvalue weighted by molar-refractivity contribution is 5.87. The highest BCUT2D eigenvalue weighted by Crippen LogP contribution is 2.28. The molecule has 0 saturated carbocycles. The third-order valence-electron chi connectivity index (χ3n) is 4.48. The Bertz CT molecular complexity index is 734. The fourth-order valence-electron chi connectivity index (χ4n) is 3.20. The first-order valence-electron chi connectivity index (χ1n) is 8.72. The molecule has 0 N–H and O–H groups in total. The van der Waals surface area contributed by atoms with Crippen LogP contribution in [-0.4, -0.2) is 36.1 Å². The summed E-state index contributed by atoms with van der Waals surface area (Å²) >= 11 is 0. The van der Waals surface area contributed by atoms with E-state index in [1.807, 2.05) is 30.3 Å². The van der Waals surface area contributed by atoms with Gasteiger partial charge in [-0.15, -0.1) is 12.4 Å². The van der Waals surface area contributed by atoms with E-state index >= 15 is 0 Å². The third kappa shape index (κ3) is 5.69. The van der Waals surface area contributed by atoms with Crippen LogP contribution >= 0.6 is 12.4 Å². The molecule has 27 heavy (non-hydrogen) atoms. The van der Waals surface area contributed by atoms with Gasteiger partial charge >= 0.3 is 11.9 Å². The molecule has 1 aliphatic heterocycles. The van der Waals surface area contributed by atoms with E-state index < -0.39 is 18.0 Å². The Morgan fingerprint density at radius 1 is 1.07 bits per heavy atom. The summed E-state index contributed by atoms with van der Waals surface area (Å²) < 4.78 is 10.7. The molecule has 0 radical (unpaired) electrons. The number of para-hydroxylation sites is 1. The van der Waals surface area contributed by atoms with Gasteiger partial charge in [0.2, 0.25) is 0 Å². The summed E-state index contributed by atoms with van der Waals surface area (Å²) in [7, 11) is 0. The van der Waals surface area contributed by atoms with Crippen molar-refractivity contribution < 1.29 is 19.1 Å². The summed E-state index contributed by atoms with van der Waals surface area (Å²) in [5, 5.41) is 0. The Balaban J connectivity index is 0.00000261. The third-order valence-corrected chi connectivity index (χ3v) is 4.48. The summed E-state index contributed by atoms with van der Waals surface area (Å²) in [4.78, 5) is 29.9. The predicted octanol–water partition coefficient (Wildman–Crippen LogP) is 3.26.